The molecule has 1 aliphatic rings. The molecule has 34 heavy (non-hydrogen) atoms. The number of nitrogens with two attached hydrogens (primary N) is 1. The summed E-state index contributed by atoms with van der Waals surface area (Å²) in [5.74, 6) is -1.07. The van der Waals surface area contributed by atoms with Gasteiger partial charge in [0.1, 0.15) is 4.90 Å². The predicted molar refractivity (Wildman–Crippen MR) is 140 cm³/mol. The van der Waals surface area contributed by atoms with Crippen molar-refractivity contribution in [3.63, 3.8) is 0 Å². The summed E-state index contributed by atoms with van der Waals surface area (Å²) in [5, 5.41) is 3.13. The van der Waals surface area contributed by atoms with E-state index in [1.165, 1.54) is 12.1 Å². The molecule has 0 amide bonds. The molecule has 0 bridgehead atoms. The zero-order valence-corrected chi connectivity index (χ0v) is 21.7. The Bertz CT molecular complexity index is 1490. The number of halogens is 2. The molecule has 1 aliphatic carbocycles. The summed E-state index contributed by atoms with van der Waals surface area (Å²) in [5.41, 5.74) is 8.81. The molecule has 178 valence electrons. The molecule has 7 nitrogen and oxygen atoms in total. The highest BCUT2D eigenvalue weighted by molar-refractivity contribution is 9.11. The Morgan fingerprint density at radius 2 is 1.35 bits per heavy atom. The lowest BCUT2D eigenvalue weighted by molar-refractivity contribution is 0.0980. The smallest absolute Gasteiger partial charge is 0.296 e. The van der Waals surface area contributed by atoms with Crippen molar-refractivity contribution in [3.05, 3.63) is 78.2 Å². The molecule has 3 aromatic carbocycles. The molecular formula is C24H22Br2N2O5S. The fraction of sp³-hybridized carbons (Fsp3) is 0.167. The second-order valence-electron chi connectivity index (χ2n) is 7.77. The van der Waals surface area contributed by atoms with Crippen LogP contribution in [0.5, 0.6) is 0 Å². The summed E-state index contributed by atoms with van der Waals surface area (Å²) in [6.07, 6.45) is 0. The van der Waals surface area contributed by atoms with Crippen LogP contribution in [0, 0.1) is 20.8 Å². The molecular weight excluding hydrogens is 588 g/mol. The summed E-state index contributed by atoms with van der Waals surface area (Å²) in [6, 6.07) is 7.34. The second-order valence-corrected chi connectivity index (χ2v) is 10.7. The van der Waals surface area contributed by atoms with Gasteiger partial charge in [-0.25, -0.2) is 0 Å². The van der Waals surface area contributed by atoms with E-state index in [-0.39, 0.29) is 35.4 Å². The summed E-state index contributed by atoms with van der Waals surface area (Å²) in [7, 11) is -4.79. The van der Waals surface area contributed by atoms with Gasteiger partial charge in [-0.05, 0) is 43.5 Å². The van der Waals surface area contributed by atoms with Gasteiger partial charge in [-0.1, -0.05) is 63.6 Å². The molecule has 3 aromatic rings. The van der Waals surface area contributed by atoms with Crippen LogP contribution >= 0.6 is 31.9 Å². The van der Waals surface area contributed by atoms with Crippen molar-refractivity contribution < 1.29 is 22.6 Å². The van der Waals surface area contributed by atoms with Gasteiger partial charge in [0.2, 0.25) is 0 Å². The van der Waals surface area contributed by atoms with Gasteiger partial charge < -0.3 is 11.1 Å². The Hall–Kier alpha value is -2.53. The maximum atomic E-state index is 13.5. The molecule has 0 heterocycles. The fourth-order valence-corrected chi connectivity index (χ4v) is 5.79. The molecule has 4 N–H and O–H groups in total. The highest BCUT2D eigenvalue weighted by Crippen LogP contribution is 2.43. The standard InChI is InChI=1S/C23H18Br2N2O5S.CH4/c1-9-18(24)10(2)21(11(3)19(9)25)27-14-8-15(33(30,31)32)20(26)17-16(14)22(28)12-6-4-5-7-13(12)23(17)29;/h4-8,27H,26H2,1-3H3,(H,30,31,32);1H4. The van der Waals surface area contributed by atoms with Crippen LogP contribution in [0.15, 0.2) is 44.2 Å². The Morgan fingerprint density at radius 1 is 0.882 bits per heavy atom. The van der Waals surface area contributed by atoms with Crippen molar-refractivity contribution in [2.24, 2.45) is 0 Å². The average molecular weight is 610 g/mol. The van der Waals surface area contributed by atoms with Crippen molar-refractivity contribution in [1.29, 1.82) is 0 Å². The van der Waals surface area contributed by atoms with E-state index >= 15 is 0 Å². The molecule has 0 saturated heterocycles. The normalized spacial score (nSPS) is 12.6. The van der Waals surface area contributed by atoms with E-state index in [1.54, 1.807) is 12.1 Å². The van der Waals surface area contributed by atoms with Gasteiger partial charge in [-0.3, -0.25) is 14.1 Å². The minimum atomic E-state index is -4.79. The van der Waals surface area contributed by atoms with Gasteiger partial charge in [0, 0.05) is 25.8 Å². The minimum Gasteiger partial charge on any atom is -0.397 e. The second kappa shape index (κ2) is 8.92. The minimum absolute atomic E-state index is 0. The number of nitrogen functional groups attached to an aromatic ring is 1. The number of benzene rings is 3. The van der Waals surface area contributed by atoms with Gasteiger partial charge in [0.05, 0.1) is 22.5 Å². The zero-order chi connectivity index (χ0) is 24.4. The maximum absolute atomic E-state index is 13.5. The largest absolute Gasteiger partial charge is 0.397 e. The third kappa shape index (κ3) is 3.88. The number of hydrogen-bond donors (Lipinski definition) is 3. The Kier molecular flexibility index (Phi) is 6.84. The van der Waals surface area contributed by atoms with Crippen LogP contribution in [0.1, 0.15) is 56.0 Å². The van der Waals surface area contributed by atoms with Crippen LogP contribution < -0.4 is 11.1 Å². The zero-order valence-electron chi connectivity index (χ0n) is 17.7. The molecule has 10 heteroatoms. The number of rotatable bonds is 3. The van der Waals surface area contributed by atoms with E-state index in [1.807, 2.05) is 20.8 Å². The third-order valence-electron chi connectivity index (χ3n) is 5.80. The SMILES string of the molecule is C.Cc1c(Br)c(C)c(Nc2cc(S(=O)(=O)O)c(N)c3c2C(=O)c2ccccc2C3=O)c(C)c1Br. The number of nitrogens with one attached hydrogen (secondary N) is 1. The topological polar surface area (TPSA) is 127 Å². The van der Waals surface area contributed by atoms with Crippen molar-refractivity contribution >= 4 is 70.6 Å². The monoisotopic (exact) mass is 608 g/mol. The lowest BCUT2D eigenvalue weighted by Gasteiger charge is -2.25. The average Bonchev–Trinajstić information content (AvgIpc) is 2.77. The van der Waals surface area contributed by atoms with Gasteiger partial charge in [0.15, 0.2) is 11.6 Å². The molecule has 0 aromatic heterocycles. The van der Waals surface area contributed by atoms with E-state index in [0.717, 1.165) is 31.7 Å². The number of fused-ring (bicyclic) bond motifs is 2. The van der Waals surface area contributed by atoms with Crippen molar-refractivity contribution in [3.8, 4) is 0 Å². The highest BCUT2D eigenvalue weighted by atomic mass is 79.9. The number of ketones is 2. The maximum Gasteiger partial charge on any atom is 0.296 e. The molecule has 0 spiro atoms. The lowest BCUT2D eigenvalue weighted by Crippen LogP contribution is -2.25. The lowest BCUT2D eigenvalue weighted by atomic mass is 9.82. The predicted octanol–water partition coefficient (Wildman–Crippen LogP) is 6.12. The van der Waals surface area contributed by atoms with Gasteiger partial charge >= 0.3 is 0 Å². The van der Waals surface area contributed by atoms with Crippen LogP contribution in [0.25, 0.3) is 0 Å². The third-order valence-corrected chi connectivity index (χ3v) is 9.08. The molecule has 0 aliphatic heterocycles. The first-order valence-electron chi connectivity index (χ1n) is 9.70. The van der Waals surface area contributed by atoms with Crippen LogP contribution in [-0.2, 0) is 10.1 Å². The Morgan fingerprint density at radius 3 is 1.82 bits per heavy atom. The van der Waals surface area contributed by atoms with Crippen molar-refractivity contribution in [2.75, 3.05) is 11.1 Å². The first-order chi connectivity index (χ1) is 15.4. The van der Waals surface area contributed by atoms with Crippen molar-refractivity contribution in [2.45, 2.75) is 33.1 Å². The number of hydrogen-bond acceptors (Lipinski definition) is 6. The first kappa shape index (κ1) is 26.1. The van der Waals surface area contributed by atoms with Crippen LogP contribution in [0.2, 0.25) is 0 Å². The highest BCUT2D eigenvalue weighted by Gasteiger charge is 2.36. The summed E-state index contributed by atoms with van der Waals surface area (Å²) < 4.78 is 35.6. The Balaban J connectivity index is 0.00000324. The molecule has 0 atom stereocenters. The summed E-state index contributed by atoms with van der Waals surface area (Å²) in [4.78, 5) is 26.1. The molecule has 0 fully saturated rings. The van der Waals surface area contributed by atoms with Crippen LogP contribution in [0.4, 0.5) is 17.1 Å². The number of carbonyl (C=O) groups is 2. The summed E-state index contributed by atoms with van der Waals surface area (Å²) >= 11 is 7.11. The van der Waals surface area contributed by atoms with E-state index in [9.17, 15) is 22.6 Å². The molecule has 0 saturated carbocycles. The van der Waals surface area contributed by atoms with Crippen LogP contribution in [-0.4, -0.2) is 24.5 Å². The number of carbonyl (C=O) groups excluding carboxylic acids is 2. The van der Waals surface area contributed by atoms with Crippen LogP contribution in [0.3, 0.4) is 0 Å². The van der Waals surface area contributed by atoms with E-state index < -0.39 is 32.3 Å². The quantitative estimate of drug-likeness (QED) is 0.189. The van der Waals surface area contributed by atoms with E-state index in [2.05, 4.69) is 37.2 Å². The first-order valence-corrected chi connectivity index (χ1v) is 12.7. The van der Waals surface area contributed by atoms with E-state index in [0.29, 0.717) is 5.69 Å². The molecule has 4 rings (SSSR count). The Labute approximate surface area is 214 Å². The van der Waals surface area contributed by atoms with E-state index in [4.69, 9.17) is 5.73 Å². The van der Waals surface area contributed by atoms with Gasteiger partial charge in [-0.15, -0.1) is 0 Å². The number of anilines is 3. The fourth-order valence-electron chi connectivity index (χ4n) is 4.09. The summed E-state index contributed by atoms with van der Waals surface area (Å²) in [6.45, 7) is 5.64. The molecule has 0 unspecified atom stereocenters. The molecule has 0 radical (unpaired) electrons. The van der Waals surface area contributed by atoms with Gasteiger partial charge in [0.25, 0.3) is 10.1 Å². The van der Waals surface area contributed by atoms with Gasteiger partial charge in [-0.2, -0.15) is 8.42 Å². The van der Waals surface area contributed by atoms with Crippen molar-refractivity contribution in [1.82, 2.24) is 0 Å².